The summed E-state index contributed by atoms with van der Waals surface area (Å²) in [4.78, 5) is 56.6. The number of ether oxygens (including phenoxy) is 11. The molecule has 1 aliphatic rings. The van der Waals surface area contributed by atoms with Crippen LogP contribution >= 0.6 is 0 Å². The van der Waals surface area contributed by atoms with Crippen molar-refractivity contribution in [2.45, 2.75) is 65.5 Å². The van der Waals surface area contributed by atoms with Gasteiger partial charge in [-0.1, -0.05) is 19.1 Å². The normalized spacial score (nSPS) is 12.5. The third-order valence-corrected chi connectivity index (χ3v) is 9.80. The number of hydrogen-bond donors (Lipinski definition) is 4. The van der Waals surface area contributed by atoms with Crippen molar-refractivity contribution in [3.8, 4) is 11.1 Å². The molecular weight excluding hydrogens is 965 g/mol. The maximum absolute atomic E-state index is 13.5. The monoisotopic (exact) mass is 1050 g/mol. The van der Waals surface area contributed by atoms with Crippen molar-refractivity contribution in [1.29, 1.82) is 0 Å². The first kappa shape index (κ1) is 63.0. The second-order valence-corrected chi connectivity index (χ2v) is 17.2. The summed E-state index contributed by atoms with van der Waals surface area (Å²) >= 11 is 0. The van der Waals surface area contributed by atoms with Crippen LogP contribution in [0, 0.1) is 0 Å². The van der Waals surface area contributed by atoms with Crippen LogP contribution in [0.15, 0.2) is 53.4 Å². The average Bonchev–Trinajstić information content (AvgIpc) is 3.54. The zero-order chi connectivity index (χ0) is 53.5. The van der Waals surface area contributed by atoms with Gasteiger partial charge in [0, 0.05) is 60.8 Å². The van der Waals surface area contributed by atoms with Gasteiger partial charge in [-0.05, 0) is 44.9 Å². The summed E-state index contributed by atoms with van der Waals surface area (Å²) in [5, 5.41) is 9.97. The maximum atomic E-state index is 13.5. The first-order chi connectivity index (χ1) is 35.9. The number of hydroxylamine groups is 2. The standard InChI is InChI=1S/C51H80N8O15/c1-5-12-59(73-39-44(53)8-11-52)50(62)42-33-41-7-6-40(34-45(41)58-46(54)35-42)43-36-55-47(56-37-43)38-57-48(60)9-13-63-15-17-65-19-21-67-23-25-69-27-29-71-31-32-72-30-28-70-26-24-68-22-20-66-18-16-64-14-10-49(61)74-51(2,3)4/h6-8,11,33-34,36-37,53H,5,9-10,12-32,35,38-39,52H2,1-4H3,(H2,54,58)(H,57,60)/p+1/b11-8-,53-44?. The molecule has 2 aromatic rings. The fourth-order valence-corrected chi connectivity index (χ4v) is 6.28. The fraction of sp³-hybridized carbons (Fsp3) is 0.627. The molecule has 2 amide bonds. The number of benzene rings is 1. The van der Waals surface area contributed by atoms with Crippen LogP contribution in [0.4, 0.5) is 5.69 Å². The molecule has 0 fully saturated rings. The van der Waals surface area contributed by atoms with E-state index in [-0.39, 0.29) is 62.6 Å². The van der Waals surface area contributed by atoms with Crippen LogP contribution in [-0.4, -0.2) is 195 Å². The van der Waals surface area contributed by atoms with E-state index in [2.05, 4.69) is 20.3 Å². The van der Waals surface area contributed by atoms with E-state index < -0.39 is 5.60 Å². The highest BCUT2D eigenvalue weighted by atomic mass is 16.7. The molecule has 1 aromatic heterocycles. The van der Waals surface area contributed by atoms with E-state index in [4.69, 9.17) is 73.8 Å². The summed E-state index contributed by atoms with van der Waals surface area (Å²) < 4.78 is 60.1. The second-order valence-electron chi connectivity index (χ2n) is 17.2. The van der Waals surface area contributed by atoms with Gasteiger partial charge in [0.25, 0.3) is 5.91 Å². The van der Waals surface area contributed by atoms with E-state index in [9.17, 15) is 14.4 Å². The average molecular weight is 1050 g/mol. The Morgan fingerprint density at radius 1 is 0.703 bits per heavy atom. The third-order valence-electron chi connectivity index (χ3n) is 9.80. The number of carbonyl (C=O) groups is 3. The van der Waals surface area contributed by atoms with Crippen molar-refractivity contribution >= 4 is 41.1 Å². The zero-order valence-corrected chi connectivity index (χ0v) is 43.9. The molecule has 0 atom stereocenters. The Balaban J connectivity index is 1.09. The van der Waals surface area contributed by atoms with Crippen LogP contribution in [0.3, 0.4) is 0 Å². The Labute approximate surface area is 435 Å². The fourth-order valence-electron chi connectivity index (χ4n) is 6.28. The number of aliphatic imine (C=N–C) groups is 1. The number of rotatable bonds is 43. The molecule has 0 aliphatic carbocycles. The SMILES string of the molecule is CCCN(OCC(=[NH2+])/C=C\N)C(=O)C1=Cc2ccc(-c3cnc(CNC(=O)CCOCCOCCOCCOCCOCCOCCOCCOCCOCCOCCC(=O)OC(C)(C)C)nc3)cc2N=C(N)C1. The molecule has 0 radical (unpaired) electrons. The van der Waals surface area contributed by atoms with Crippen molar-refractivity contribution in [3.63, 3.8) is 0 Å². The van der Waals surface area contributed by atoms with Gasteiger partial charge in [-0.25, -0.2) is 20.0 Å². The molecular formula is C51H81N8O15+. The molecule has 0 bridgehead atoms. The lowest BCUT2D eigenvalue weighted by atomic mass is 10.0. The molecule has 7 N–H and O–H groups in total. The summed E-state index contributed by atoms with van der Waals surface area (Å²) in [6, 6.07) is 5.61. The maximum Gasteiger partial charge on any atom is 0.308 e. The van der Waals surface area contributed by atoms with Gasteiger partial charge in [0.1, 0.15) is 17.3 Å². The Morgan fingerprint density at radius 3 is 1.64 bits per heavy atom. The molecule has 23 nitrogen and oxygen atoms in total. The van der Waals surface area contributed by atoms with E-state index in [0.29, 0.717) is 161 Å². The largest absolute Gasteiger partial charge is 0.460 e. The lowest BCUT2D eigenvalue weighted by molar-refractivity contribution is -0.183. The van der Waals surface area contributed by atoms with E-state index >= 15 is 0 Å². The molecule has 1 aliphatic heterocycles. The molecule has 0 unspecified atom stereocenters. The number of nitrogens with zero attached hydrogens (tertiary/aromatic N) is 4. The summed E-state index contributed by atoms with van der Waals surface area (Å²) in [6.07, 6.45) is 9.14. The van der Waals surface area contributed by atoms with Crippen LogP contribution in [0.25, 0.3) is 17.2 Å². The number of amidine groups is 1. The lowest BCUT2D eigenvalue weighted by Crippen LogP contribution is -2.44. The molecule has 414 valence electrons. The zero-order valence-electron chi connectivity index (χ0n) is 43.9. The van der Waals surface area contributed by atoms with Gasteiger partial charge >= 0.3 is 5.97 Å². The molecule has 0 spiro atoms. The second kappa shape index (κ2) is 39.2. The summed E-state index contributed by atoms with van der Waals surface area (Å²) in [7, 11) is 0. The highest BCUT2D eigenvalue weighted by Gasteiger charge is 2.23. The number of nitrogens with two attached hydrogens (primary N) is 3. The van der Waals surface area contributed by atoms with Crippen LogP contribution in [0.2, 0.25) is 0 Å². The van der Waals surface area contributed by atoms with Gasteiger partial charge in [-0.2, -0.15) is 0 Å². The number of nitrogens with one attached hydrogen (secondary N) is 1. The van der Waals surface area contributed by atoms with Gasteiger partial charge in [0.15, 0.2) is 6.61 Å². The first-order valence-electron chi connectivity index (χ1n) is 25.1. The number of carbonyl (C=O) groups excluding carboxylic acids is 3. The Bertz CT molecular complexity index is 2000. The van der Waals surface area contributed by atoms with Crippen LogP contribution in [0.5, 0.6) is 0 Å². The van der Waals surface area contributed by atoms with Crippen LogP contribution in [0.1, 0.15) is 64.8 Å². The highest BCUT2D eigenvalue weighted by Crippen LogP contribution is 2.32. The highest BCUT2D eigenvalue weighted by molar-refractivity contribution is 6.05. The molecule has 1 aromatic carbocycles. The van der Waals surface area contributed by atoms with Gasteiger partial charge < -0.3 is 68.9 Å². The van der Waals surface area contributed by atoms with Crippen LogP contribution in [-0.2, 0) is 77.9 Å². The smallest absolute Gasteiger partial charge is 0.308 e. The Morgan fingerprint density at radius 2 is 1.18 bits per heavy atom. The Hall–Kier alpha value is -5.31. The van der Waals surface area contributed by atoms with Crippen molar-refractivity contribution in [2.75, 3.05) is 145 Å². The summed E-state index contributed by atoms with van der Waals surface area (Å²) in [6.45, 7) is 16.4. The molecule has 2 heterocycles. The van der Waals surface area contributed by atoms with Gasteiger partial charge in [-0.15, -0.1) is 0 Å². The number of hydrogen-bond acceptors (Lipinski definition) is 20. The molecule has 0 saturated heterocycles. The molecule has 3 rings (SSSR count). The van der Waals surface area contributed by atoms with E-state index in [1.54, 1.807) is 18.5 Å². The molecule has 74 heavy (non-hydrogen) atoms. The van der Waals surface area contributed by atoms with Gasteiger partial charge in [-0.3, -0.25) is 24.6 Å². The summed E-state index contributed by atoms with van der Waals surface area (Å²) in [5.74, 6) is -0.0658. The van der Waals surface area contributed by atoms with Crippen molar-refractivity contribution in [2.24, 2.45) is 16.5 Å². The topological polar surface area (TPSA) is 293 Å². The predicted octanol–water partition coefficient (Wildman–Crippen LogP) is 1.67. The minimum Gasteiger partial charge on any atom is -0.460 e. The minimum absolute atomic E-state index is 0.00561. The lowest BCUT2D eigenvalue weighted by Gasteiger charge is -2.21. The van der Waals surface area contributed by atoms with E-state index in [1.807, 2.05) is 45.9 Å². The number of esters is 1. The van der Waals surface area contributed by atoms with Gasteiger partial charge in [0.2, 0.25) is 11.6 Å². The third kappa shape index (κ3) is 30.2. The van der Waals surface area contributed by atoms with Crippen molar-refractivity contribution in [1.82, 2.24) is 20.3 Å². The minimum atomic E-state index is -0.489. The Kier molecular flexibility index (Phi) is 33.3. The number of aromatic nitrogens is 2. The summed E-state index contributed by atoms with van der Waals surface area (Å²) in [5.41, 5.74) is 14.9. The van der Waals surface area contributed by atoms with E-state index in [0.717, 1.165) is 16.7 Å². The van der Waals surface area contributed by atoms with E-state index in [1.165, 1.54) is 17.3 Å². The number of amides is 2. The predicted molar refractivity (Wildman–Crippen MR) is 275 cm³/mol. The van der Waals surface area contributed by atoms with Crippen molar-refractivity contribution < 1.29 is 76.7 Å². The molecule has 0 saturated carbocycles. The van der Waals surface area contributed by atoms with Crippen LogP contribution < -0.4 is 22.2 Å². The first-order valence-corrected chi connectivity index (χ1v) is 25.1. The molecule has 23 heteroatoms. The van der Waals surface area contributed by atoms with Crippen molar-refractivity contribution in [3.05, 3.63) is 59.8 Å². The quantitative estimate of drug-likeness (QED) is 0.0318. The van der Waals surface area contributed by atoms with Gasteiger partial charge in [0.05, 0.1) is 151 Å². The number of fused-ring (bicyclic) bond motifs is 1.